The van der Waals surface area contributed by atoms with Gasteiger partial charge in [-0.05, 0) is 17.7 Å². The van der Waals surface area contributed by atoms with E-state index >= 15 is 0 Å². The van der Waals surface area contributed by atoms with E-state index < -0.39 is 0 Å². The molecule has 108 valence electrons. The maximum Gasteiger partial charge on any atom is 0.231 e. The molecule has 2 aliphatic rings. The molecule has 0 spiro atoms. The van der Waals surface area contributed by atoms with E-state index in [1.807, 2.05) is 12.1 Å². The van der Waals surface area contributed by atoms with Gasteiger partial charge in [0.1, 0.15) is 5.82 Å². The summed E-state index contributed by atoms with van der Waals surface area (Å²) in [4.78, 5) is 11.8. The number of fused-ring (bicyclic) bond motifs is 2. The Morgan fingerprint density at radius 1 is 1.38 bits per heavy atom. The summed E-state index contributed by atoms with van der Waals surface area (Å²) >= 11 is 0. The number of benzene rings is 1. The predicted octanol–water partition coefficient (Wildman–Crippen LogP) is 1.62. The number of amides is 1. The fraction of sp³-hybridized carbons (Fsp3) is 0.286. The second-order valence-corrected chi connectivity index (χ2v) is 4.96. The van der Waals surface area contributed by atoms with Gasteiger partial charge in [-0.2, -0.15) is 5.10 Å². The minimum Gasteiger partial charge on any atom is -0.493 e. The molecule has 0 bridgehead atoms. The van der Waals surface area contributed by atoms with Crippen molar-refractivity contribution in [3.63, 3.8) is 0 Å². The van der Waals surface area contributed by atoms with E-state index in [9.17, 15) is 4.79 Å². The third kappa shape index (κ3) is 1.81. The molecule has 1 aromatic carbocycles. The van der Waals surface area contributed by atoms with Gasteiger partial charge in [-0.15, -0.1) is 0 Å². The van der Waals surface area contributed by atoms with Gasteiger partial charge >= 0.3 is 0 Å². The fourth-order valence-corrected chi connectivity index (χ4v) is 2.79. The minimum absolute atomic E-state index is 0.0478. The number of hydrogen-bond acceptors (Lipinski definition) is 5. The van der Waals surface area contributed by atoms with Crippen molar-refractivity contribution in [1.82, 2.24) is 10.2 Å². The number of ether oxygens (including phenoxy) is 3. The first-order valence-corrected chi connectivity index (χ1v) is 6.57. The number of hydrogen-bond donors (Lipinski definition) is 2. The van der Waals surface area contributed by atoms with Crippen LogP contribution in [0.5, 0.6) is 17.2 Å². The van der Waals surface area contributed by atoms with Crippen LogP contribution in [-0.4, -0.2) is 30.0 Å². The molecule has 21 heavy (non-hydrogen) atoms. The molecule has 3 heterocycles. The quantitative estimate of drug-likeness (QED) is 0.876. The number of nitrogens with one attached hydrogen (secondary N) is 2. The zero-order valence-corrected chi connectivity index (χ0v) is 11.3. The topological polar surface area (TPSA) is 85.5 Å². The Labute approximate surface area is 120 Å². The van der Waals surface area contributed by atoms with E-state index in [2.05, 4.69) is 15.5 Å². The molecule has 7 nitrogen and oxygen atoms in total. The number of carbonyl (C=O) groups excluding carboxylic acids is 1. The van der Waals surface area contributed by atoms with E-state index in [1.54, 1.807) is 13.3 Å². The molecule has 0 radical (unpaired) electrons. The first-order valence-electron chi connectivity index (χ1n) is 6.57. The molecule has 0 saturated heterocycles. The Balaban J connectivity index is 1.83. The van der Waals surface area contributed by atoms with Gasteiger partial charge in [0.15, 0.2) is 11.5 Å². The van der Waals surface area contributed by atoms with Gasteiger partial charge in [-0.3, -0.25) is 9.89 Å². The van der Waals surface area contributed by atoms with Crippen LogP contribution in [0.15, 0.2) is 18.3 Å². The van der Waals surface area contributed by atoms with E-state index in [1.165, 1.54) is 0 Å². The molecule has 2 N–H and O–H groups in total. The summed E-state index contributed by atoms with van der Waals surface area (Å²) in [5.41, 5.74) is 1.89. The summed E-state index contributed by atoms with van der Waals surface area (Å²) in [7, 11) is 1.58. The van der Waals surface area contributed by atoms with Crippen molar-refractivity contribution in [2.45, 2.75) is 12.3 Å². The van der Waals surface area contributed by atoms with Gasteiger partial charge in [0, 0.05) is 17.9 Å². The van der Waals surface area contributed by atoms with Crippen molar-refractivity contribution in [1.29, 1.82) is 0 Å². The first kappa shape index (κ1) is 12.1. The summed E-state index contributed by atoms with van der Waals surface area (Å²) in [6, 6.07) is 3.78. The Morgan fingerprint density at radius 2 is 2.29 bits per heavy atom. The zero-order chi connectivity index (χ0) is 14.4. The summed E-state index contributed by atoms with van der Waals surface area (Å²) in [5.74, 6) is 2.36. The van der Waals surface area contributed by atoms with E-state index in [0.717, 1.165) is 11.1 Å². The number of aromatic nitrogens is 2. The normalized spacial score (nSPS) is 19.1. The van der Waals surface area contributed by atoms with Gasteiger partial charge in [-0.25, -0.2) is 0 Å². The molecule has 1 aromatic heterocycles. The molecule has 0 fully saturated rings. The van der Waals surface area contributed by atoms with Crippen LogP contribution in [0.25, 0.3) is 0 Å². The lowest BCUT2D eigenvalue weighted by Crippen LogP contribution is -2.23. The summed E-state index contributed by atoms with van der Waals surface area (Å²) in [6.45, 7) is 0.178. The molecule has 1 atom stereocenters. The maximum absolute atomic E-state index is 11.8. The lowest BCUT2D eigenvalue weighted by Gasteiger charge is -2.23. The van der Waals surface area contributed by atoms with E-state index in [4.69, 9.17) is 14.2 Å². The maximum atomic E-state index is 11.8. The van der Waals surface area contributed by atoms with Gasteiger partial charge in [0.2, 0.25) is 18.4 Å². The number of H-pyrrole nitrogens is 1. The highest BCUT2D eigenvalue weighted by molar-refractivity contribution is 5.94. The van der Waals surface area contributed by atoms with Crippen molar-refractivity contribution < 1.29 is 19.0 Å². The largest absolute Gasteiger partial charge is 0.493 e. The SMILES string of the molecule is COc1cc([C@H]2CC(=O)Nc3[nH]ncc32)cc2c1OCO2. The average molecular weight is 287 g/mol. The molecule has 0 aliphatic carbocycles. The molecule has 2 aliphatic heterocycles. The third-order valence-corrected chi connectivity index (χ3v) is 3.78. The zero-order valence-electron chi connectivity index (χ0n) is 11.3. The smallest absolute Gasteiger partial charge is 0.231 e. The van der Waals surface area contributed by atoms with Crippen molar-refractivity contribution in [2.24, 2.45) is 0 Å². The van der Waals surface area contributed by atoms with Crippen LogP contribution < -0.4 is 19.5 Å². The fourth-order valence-electron chi connectivity index (χ4n) is 2.79. The lowest BCUT2D eigenvalue weighted by molar-refractivity contribution is -0.116. The summed E-state index contributed by atoms with van der Waals surface area (Å²) in [5, 5.41) is 9.58. The lowest BCUT2D eigenvalue weighted by atomic mass is 9.87. The molecule has 7 heteroatoms. The van der Waals surface area contributed by atoms with Gasteiger partial charge < -0.3 is 19.5 Å². The molecule has 0 saturated carbocycles. The van der Waals surface area contributed by atoms with Crippen molar-refractivity contribution in [3.8, 4) is 17.2 Å². The molecule has 2 aromatic rings. The highest BCUT2D eigenvalue weighted by Crippen LogP contribution is 2.46. The Bertz CT molecular complexity index is 725. The minimum atomic E-state index is -0.0871. The van der Waals surface area contributed by atoms with Crippen molar-refractivity contribution >= 4 is 11.7 Å². The monoisotopic (exact) mass is 287 g/mol. The number of carbonyl (C=O) groups is 1. The number of anilines is 1. The van der Waals surface area contributed by atoms with E-state index in [-0.39, 0.29) is 18.6 Å². The van der Waals surface area contributed by atoms with Crippen LogP contribution in [0.2, 0.25) is 0 Å². The number of methoxy groups -OCH3 is 1. The van der Waals surface area contributed by atoms with Gasteiger partial charge in [0.05, 0.1) is 13.3 Å². The Morgan fingerprint density at radius 3 is 3.14 bits per heavy atom. The number of aromatic amines is 1. The van der Waals surface area contributed by atoms with Crippen LogP contribution in [-0.2, 0) is 4.79 Å². The molecule has 1 amide bonds. The number of rotatable bonds is 2. The standard InChI is InChI=1S/C14H13N3O4/c1-19-10-2-7(3-11-13(10)21-6-20-11)8-4-12(18)16-14-9(8)5-15-17-14/h2-3,5,8H,4,6H2,1H3,(H2,15,16,17,18)/t8-/m1/s1. The van der Waals surface area contributed by atoms with Crippen LogP contribution in [0.1, 0.15) is 23.5 Å². The third-order valence-electron chi connectivity index (χ3n) is 3.78. The highest BCUT2D eigenvalue weighted by atomic mass is 16.7. The first-order chi connectivity index (χ1) is 10.3. The van der Waals surface area contributed by atoms with Crippen LogP contribution in [0.4, 0.5) is 5.82 Å². The summed E-state index contributed by atoms with van der Waals surface area (Å²) < 4.78 is 16.2. The average Bonchev–Trinajstić information content (AvgIpc) is 3.13. The second kappa shape index (κ2) is 4.41. The van der Waals surface area contributed by atoms with Crippen molar-refractivity contribution in [3.05, 3.63) is 29.5 Å². The molecular formula is C14H13N3O4. The van der Waals surface area contributed by atoms with Crippen LogP contribution in [0.3, 0.4) is 0 Å². The predicted molar refractivity (Wildman–Crippen MR) is 72.8 cm³/mol. The van der Waals surface area contributed by atoms with Gasteiger partial charge in [0.25, 0.3) is 0 Å². The van der Waals surface area contributed by atoms with Gasteiger partial charge in [-0.1, -0.05) is 0 Å². The second-order valence-electron chi connectivity index (χ2n) is 4.96. The summed E-state index contributed by atoms with van der Waals surface area (Å²) in [6.07, 6.45) is 2.09. The molecular weight excluding hydrogens is 274 g/mol. The van der Waals surface area contributed by atoms with Crippen molar-refractivity contribution in [2.75, 3.05) is 19.2 Å². The number of nitrogens with zero attached hydrogens (tertiary/aromatic N) is 1. The van der Waals surface area contributed by atoms with E-state index in [0.29, 0.717) is 29.5 Å². The molecule has 0 unspecified atom stereocenters. The highest BCUT2D eigenvalue weighted by Gasteiger charge is 2.30. The Hall–Kier alpha value is -2.70. The molecule has 4 rings (SSSR count). The van der Waals surface area contributed by atoms with Crippen LogP contribution >= 0.6 is 0 Å². The Kier molecular flexibility index (Phi) is 2.53. The van der Waals surface area contributed by atoms with Crippen LogP contribution in [0, 0.1) is 0 Å².